The predicted octanol–water partition coefficient (Wildman–Crippen LogP) is 1.57. The molecule has 6 nitrogen and oxygen atoms in total. The van der Waals surface area contributed by atoms with Gasteiger partial charge in [0.05, 0.1) is 13.0 Å². The van der Waals surface area contributed by atoms with Gasteiger partial charge in [-0.2, -0.15) is 4.31 Å². The lowest BCUT2D eigenvalue weighted by atomic mass is 9.93. The van der Waals surface area contributed by atoms with Gasteiger partial charge in [-0.25, -0.2) is 8.42 Å². The molecule has 1 aliphatic rings. The van der Waals surface area contributed by atoms with Crippen molar-refractivity contribution in [3.05, 3.63) is 24.3 Å². The number of para-hydroxylation sites is 1. The van der Waals surface area contributed by atoms with Gasteiger partial charge in [-0.15, -0.1) is 0 Å². The number of nitrogens with zero attached hydrogens (tertiary/aromatic N) is 1. The third-order valence-electron chi connectivity index (χ3n) is 3.82. The molecule has 0 radical (unpaired) electrons. The summed E-state index contributed by atoms with van der Waals surface area (Å²) < 4.78 is 32.0. The number of carbonyl (C=O) groups is 1. The summed E-state index contributed by atoms with van der Waals surface area (Å²) in [7, 11) is -2.26. The van der Waals surface area contributed by atoms with Gasteiger partial charge in [-0.3, -0.25) is 4.79 Å². The Bertz CT molecular complexity index is 628. The van der Waals surface area contributed by atoms with Crippen LogP contribution in [0.15, 0.2) is 29.2 Å². The summed E-state index contributed by atoms with van der Waals surface area (Å²) in [5.41, 5.74) is 0. The number of ether oxygens (including phenoxy) is 1. The lowest BCUT2D eigenvalue weighted by molar-refractivity contribution is -0.143. The molecule has 0 amide bonds. The molecule has 1 heterocycles. The molecule has 2 atom stereocenters. The van der Waals surface area contributed by atoms with E-state index in [-0.39, 0.29) is 17.5 Å². The quantitative estimate of drug-likeness (QED) is 0.912. The van der Waals surface area contributed by atoms with Crippen molar-refractivity contribution >= 4 is 16.0 Å². The van der Waals surface area contributed by atoms with E-state index < -0.39 is 21.9 Å². The Kier molecular flexibility index (Phi) is 4.53. The first-order chi connectivity index (χ1) is 9.87. The average molecular weight is 313 g/mol. The Morgan fingerprint density at radius 2 is 2.05 bits per heavy atom. The largest absolute Gasteiger partial charge is 0.495 e. The Balaban J connectivity index is 2.30. The zero-order chi connectivity index (χ0) is 15.6. The fourth-order valence-electron chi connectivity index (χ4n) is 2.69. The average Bonchev–Trinajstić information content (AvgIpc) is 2.46. The standard InChI is InChI=1S/C14H19NO5S/c1-10-9-11(14(16)17)7-8-15(10)21(18,19)13-6-4-3-5-12(13)20-2/h3-6,10-11H,7-9H2,1-2H3,(H,16,17). The van der Waals surface area contributed by atoms with E-state index in [9.17, 15) is 13.2 Å². The van der Waals surface area contributed by atoms with E-state index in [1.54, 1.807) is 25.1 Å². The number of carboxylic acids is 1. The summed E-state index contributed by atoms with van der Waals surface area (Å²) in [6.07, 6.45) is 0.651. The van der Waals surface area contributed by atoms with Crippen LogP contribution in [0.25, 0.3) is 0 Å². The van der Waals surface area contributed by atoms with Crippen molar-refractivity contribution in [1.82, 2.24) is 4.31 Å². The van der Waals surface area contributed by atoms with Crippen molar-refractivity contribution in [3.63, 3.8) is 0 Å². The summed E-state index contributed by atoms with van der Waals surface area (Å²) in [4.78, 5) is 11.2. The van der Waals surface area contributed by atoms with Gasteiger partial charge in [0, 0.05) is 12.6 Å². The minimum atomic E-state index is -3.69. The van der Waals surface area contributed by atoms with Crippen molar-refractivity contribution in [3.8, 4) is 5.75 Å². The highest BCUT2D eigenvalue weighted by molar-refractivity contribution is 7.89. The van der Waals surface area contributed by atoms with Crippen LogP contribution in [-0.4, -0.2) is 43.5 Å². The highest BCUT2D eigenvalue weighted by Gasteiger charge is 2.37. The number of rotatable bonds is 4. The van der Waals surface area contributed by atoms with Crippen LogP contribution < -0.4 is 4.74 Å². The first-order valence-electron chi connectivity index (χ1n) is 6.75. The molecule has 116 valence electrons. The molecule has 1 saturated heterocycles. The fourth-order valence-corrected chi connectivity index (χ4v) is 4.50. The van der Waals surface area contributed by atoms with Crippen molar-refractivity contribution in [1.29, 1.82) is 0 Å². The number of piperidine rings is 1. The maximum atomic E-state index is 12.8. The number of aliphatic carboxylic acids is 1. The summed E-state index contributed by atoms with van der Waals surface area (Å²) >= 11 is 0. The molecule has 1 aromatic rings. The van der Waals surface area contributed by atoms with Crippen molar-refractivity contribution in [2.45, 2.75) is 30.7 Å². The van der Waals surface area contributed by atoms with Gasteiger partial charge in [0.2, 0.25) is 10.0 Å². The number of hydrogen-bond acceptors (Lipinski definition) is 4. The molecular formula is C14H19NO5S. The fraction of sp³-hybridized carbons (Fsp3) is 0.500. The molecule has 1 fully saturated rings. The van der Waals surface area contributed by atoms with Crippen molar-refractivity contribution < 1.29 is 23.1 Å². The molecule has 2 rings (SSSR count). The van der Waals surface area contributed by atoms with E-state index in [2.05, 4.69) is 0 Å². The summed E-state index contributed by atoms with van der Waals surface area (Å²) in [6.45, 7) is 1.95. The molecule has 0 saturated carbocycles. The number of benzene rings is 1. The maximum Gasteiger partial charge on any atom is 0.306 e. The molecule has 0 spiro atoms. The summed E-state index contributed by atoms with van der Waals surface area (Å²) in [5.74, 6) is -1.05. The van der Waals surface area contributed by atoms with Crippen LogP contribution in [0.1, 0.15) is 19.8 Å². The monoisotopic (exact) mass is 313 g/mol. The lowest BCUT2D eigenvalue weighted by Crippen LogP contribution is -2.46. The molecule has 0 aromatic heterocycles. The van der Waals surface area contributed by atoms with Crippen molar-refractivity contribution in [2.24, 2.45) is 5.92 Å². The highest BCUT2D eigenvalue weighted by Crippen LogP contribution is 2.32. The lowest BCUT2D eigenvalue weighted by Gasteiger charge is -2.35. The van der Waals surface area contributed by atoms with Gasteiger partial charge in [-0.05, 0) is 31.9 Å². The Labute approximate surface area is 124 Å². The second-order valence-electron chi connectivity index (χ2n) is 5.18. The summed E-state index contributed by atoms with van der Waals surface area (Å²) in [5, 5.41) is 9.06. The Morgan fingerprint density at radius 1 is 1.38 bits per heavy atom. The Hall–Kier alpha value is -1.60. The normalized spacial score (nSPS) is 23.7. The minimum absolute atomic E-state index is 0.119. The number of carboxylic acid groups (broad SMARTS) is 1. The van der Waals surface area contributed by atoms with Crippen molar-refractivity contribution in [2.75, 3.05) is 13.7 Å². The first kappa shape index (κ1) is 15.8. The third-order valence-corrected chi connectivity index (χ3v) is 5.87. The molecule has 1 aliphatic heterocycles. The molecule has 21 heavy (non-hydrogen) atoms. The molecule has 0 aliphatic carbocycles. The van der Waals surface area contributed by atoms with E-state index in [0.29, 0.717) is 18.6 Å². The maximum absolute atomic E-state index is 12.8. The summed E-state index contributed by atoms with van der Waals surface area (Å²) in [6, 6.07) is 6.10. The zero-order valence-electron chi connectivity index (χ0n) is 12.0. The third kappa shape index (κ3) is 3.03. The Morgan fingerprint density at radius 3 is 2.62 bits per heavy atom. The minimum Gasteiger partial charge on any atom is -0.495 e. The van der Waals surface area contributed by atoms with Gasteiger partial charge in [-0.1, -0.05) is 12.1 Å². The molecule has 0 bridgehead atoms. The van der Waals surface area contributed by atoms with E-state index in [1.165, 1.54) is 17.5 Å². The molecular weight excluding hydrogens is 294 g/mol. The van der Waals surface area contributed by atoms with Crippen LogP contribution in [0.4, 0.5) is 0 Å². The van der Waals surface area contributed by atoms with Crippen LogP contribution in [0.3, 0.4) is 0 Å². The highest BCUT2D eigenvalue weighted by atomic mass is 32.2. The van der Waals surface area contributed by atoms with Crippen LogP contribution >= 0.6 is 0 Å². The number of sulfonamides is 1. The molecule has 7 heteroatoms. The van der Waals surface area contributed by atoms with Crippen LogP contribution in [0.5, 0.6) is 5.75 Å². The smallest absolute Gasteiger partial charge is 0.306 e. The SMILES string of the molecule is COc1ccccc1S(=O)(=O)N1CCC(C(=O)O)CC1C. The van der Waals surface area contributed by atoms with Gasteiger partial charge < -0.3 is 9.84 Å². The van der Waals surface area contributed by atoms with E-state index in [4.69, 9.17) is 9.84 Å². The zero-order valence-corrected chi connectivity index (χ0v) is 12.8. The second kappa shape index (κ2) is 6.03. The van der Waals surface area contributed by atoms with Crippen LogP contribution in [0, 0.1) is 5.92 Å². The van der Waals surface area contributed by atoms with Crippen LogP contribution in [-0.2, 0) is 14.8 Å². The van der Waals surface area contributed by atoms with Gasteiger partial charge in [0.15, 0.2) is 0 Å². The topological polar surface area (TPSA) is 83.9 Å². The predicted molar refractivity (Wildman–Crippen MR) is 76.7 cm³/mol. The van der Waals surface area contributed by atoms with E-state index >= 15 is 0 Å². The first-order valence-corrected chi connectivity index (χ1v) is 8.19. The van der Waals surface area contributed by atoms with Crippen LogP contribution in [0.2, 0.25) is 0 Å². The van der Waals surface area contributed by atoms with E-state index in [0.717, 1.165) is 0 Å². The van der Waals surface area contributed by atoms with Gasteiger partial charge >= 0.3 is 5.97 Å². The number of hydrogen-bond donors (Lipinski definition) is 1. The molecule has 1 aromatic carbocycles. The van der Waals surface area contributed by atoms with Gasteiger partial charge in [0.25, 0.3) is 0 Å². The second-order valence-corrected chi connectivity index (χ2v) is 7.03. The van der Waals surface area contributed by atoms with Gasteiger partial charge in [0.1, 0.15) is 10.6 Å². The van der Waals surface area contributed by atoms with E-state index in [1.807, 2.05) is 0 Å². The molecule has 1 N–H and O–H groups in total. The number of methoxy groups -OCH3 is 1. The molecule has 2 unspecified atom stereocenters.